The van der Waals surface area contributed by atoms with E-state index >= 15 is 0 Å². The van der Waals surface area contributed by atoms with Crippen molar-refractivity contribution in [3.05, 3.63) is 77.9 Å². The van der Waals surface area contributed by atoms with Gasteiger partial charge in [-0.2, -0.15) is 0 Å². The van der Waals surface area contributed by atoms with Crippen molar-refractivity contribution in [1.82, 2.24) is 4.57 Å². The van der Waals surface area contributed by atoms with E-state index < -0.39 is 11.9 Å². The Morgan fingerprint density at radius 3 is 2.27 bits per heavy atom. The number of aromatic nitrogens is 1. The monoisotopic (exact) mass is 444 g/mol. The quantitative estimate of drug-likeness (QED) is 0.200. The highest BCUT2D eigenvalue weighted by atomic mass is 16.6. The smallest absolute Gasteiger partial charge is 0.339 e. The largest absolute Gasteiger partial charge is 0.459 e. The lowest BCUT2D eigenvalue weighted by atomic mass is 10.0. The predicted molar refractivity (Wildman–Crippen MR) is 132 cm³/mol. The number of carbonyl (C=O) groups is 2. The van der Waals surface area contributed by atoms with Crippen molar-refractivity contribution < 1.29 is 19.1 Å². The Balaban J connectivity index is 2.00. The van der Waals surface area contributed by atoms with E-state index in [4.69, 9.17) is 9.47 Å². The van der Waals surface area contributed by atoms with Crippen molar-refractivity contribution in [3.8, 4) is 11.3 Å². The fourth-order valence-corrected chi connectivity index (χ4v) is 3.63. The molecule has 1 heterocycles. The highest BCUT2D eigenvalue weighted by Crippen LogP contribution is 2.35. The lowest BCUT2D eigenvalue weighted by Crippen LogP contribution is -2.16. The third kappa shape index (κ3) is 5.47. The Bertz CT molecular complexity index is 1220. The summed E-state index contributed by atoms with van der Waals surface area (Å²) in [6.45, 7) is 7.85. The van der Waals surface area contributed by atoms with Crippen LogP contribution in [-0.4, -0.2) is 43.0 Å². The Hall–Kier alpha value is -3.93. The zero-order valence-electron chi connectivity index (χ0n) is 19.2. The molecule has 3 rings (SSSR count). The molecule has 3 aromatic rings. The molecule has 33 heavy (non-hydrogen) atoms. The van der Waals surface area contributed by atoms with E-state index in [1.54, 1.807) is 14.0 Å². The number of nitrogens with zero attached hydrogens (tertiary/aromatic N) is 2. The first-order valence-corrected chi connectivity index (χ1v) is 10.8. The first kappa shape index (κ1) is 23.7. The van der Waals surface area contributed by atoms with Crippen LogP contribution in [-0.2, 0) is 25.6 Å². The molecule has 0 unspecified atom stereocenters. The van der Waals surface area contributed by atoms with Gasteiger partial charge in [-0.15, -0.1) is 0 Å². The molecule has 6 nitrogen and oxygen atoms in total. The van der Waals surface area contributed by atoms with Crippen LogP contribution in [0.4, 0.5) is 0 Å². The van der Waals surface area contributed by atoms with Crippen LogP contribution in [0.25, 0.3) is 28.2 Å². The maximum absolute atomic E-state index is 12.8. The summed E-state index contributed by atoms with van der Waals surface area (Å²) in [5.41, 5.74) is 4.66. The number of hydrogen-bond donors (Lipinski definition) is 0. The van der Waals surface area contributed by atoms with Crippen molar-refractivity contribution in [1.29, 1.82) is 0 Å². The van der Waals surface area contributed by atoms with E-state index in [2.05, 4.69) is 41.3 Å². The Labute approximate surface area is 193 Å². The summed E-state index contributed by atoms with van der Waals surface area (Å²) in [5.74, 6) is -1.06. The summed E-state index contributed by atoms with van der Waals surface area (Å²) < 4.78 is 12.6. The normalized spacial score (nSPS) is 11.7. The maximum Gasteiger partial charge on any atom is 0.339 e. The van der Waals surface area contributed by atoms with Crippen LogP contribution in [0.3, 0.4) is 0 Å². The van der Waals surface area contributed by atoms with Crippen molar-refractivity contribution >= 4 is 35.1 Å². The van der Waals surface area contributed by atoms with Gasteiger partial charge in [-0.05, 0) is 31.6 Å². The summed E-state index contributed by atoms with van der Waals surface area (Å²) in [7, 11) is 1.60. The molecule has 6 heteroatoms. The number of carbonyl (C=O) groups excluding carboxylic acids is 2. The summed E-state index contributed by atoms with van der Waals surface area (Å²) in [6.07, 6.45) is 3.29. The molecule has 0 fully saturated rings. The molecule has 0 amide bonds. The van der Waals surface area contributed by atoms with E-state index in [1.165, 1.54) is 6.21 Å². The molecule has 1 aromatic heterocycles. The highest BCUT2D eigenvalue weighted by Gasteiger charge is 2.19. The molecule has 0 aliphatic rings. The molecular formula is C27H28N2O4. The lowest BCUT2D eigenvalue weighted by Gasteiger charge is -2.10. The minimum Gasteiger partial charge on any atom is -0.459 e. The van der Waals surface area contributed by atoms with Gasteiger partial charge in [-0.25, -0.2) is 9.59 Å². The van der Waals surface area contributed by atoms with Crippen LogP contribution in [0, 0.1) is 0 Å². The Morgan fingerprint density at radius 1 is 1.00 bits per heavy atom. The molecule has 0 spiro atoms. The predicted octanol–water partition coefficient (Wildman–Crippen LogP) is 5.07. The van der Waals surface area contributed by atoms with Crippen molar-refractivity contribution in [2.45, 2.75) is 20.4 Å². The molecule has 2 aromatic carbocycles. The molecule has 0 saturated heterocycles. The number of esters is 2. The highest BCUT2D eigenvalue weighted by molar-refractivity contribution is 6.15. The number of aliphatic imine (C=N–C) groups is 1. The third-order valence-corrected chi connectivity index (χ3v) is 5.08. The molecule has 0 atom stereocenters. The average molecular weight is 445 g/mol. The molecular weight excluding hydrogens is 416 g/mol. The summed E-state index contributed by atoms with van der Waals surface area (Å²) in [5, 5.41) is 1.03. The second kappa shape index (κ2) is 11.1. The number of hydrogen-bond acceptors (Lipinski definition) is 5. The van der Waals surface area contributed by atoms with Crippen molar-refractivity contribution in [3.63, 3.8) is 0 Å². The molecule has 0 N–H and O–H groups in total. The summed E-state index contributed by atoms with van der Waals surface area (Å²) in [4.78, 5) is 28.4. The van der Waals surface area contributed by atoms with Gasteiger partial charge in [-0.3, -0.25) is 4.99 Å². The van der Waals surface area contributed by atoms with Crippen LogP contribution < -0.4 is 0 Å². The van der Waals surface area contributed by atoms with Crippen LogP contribution in [0.1, 0.15) is 19.4 Å². The Kier molecular flexibility index (Phi) is 7.97. The maximum atomic E-state index is 12.8. The number of fused-ring (bicyclic) bond motifs is 1. The van der Waals surface area contributed by atoms with E-state index in [9.17, 15) is 9.59 Å². The molecule has 0 aliphatic heterocycles. The summed E-state index contributed by atoms with van der Waals surface area (Å²) >= 11 is 0. The fourth-order valence-electron chi connectivity index (χ4n) is 3.63. The zero-order valence-corrected chi connectivity index (χ0v) is 19.2. The first-order chi connectivity index (χ1) is 16.0. The van der Waals surface area contributed by atoms with Gasteiger partial charge in [0.2, 0.25) is 0 Å². The molecule has 0 bridgehead atoms. The van der Waals surface area contributed by atoms with E-state index in [-0.39, 0.29) is 13.2 Å². The van der Waals surface area contributed by atoms with Crippen molar-refractivity contribution in [2.24, 2.45) is 4.99 Å². The van der Waals surface area contributed by atoms with Gasteiger partial charge in [0.15, 0.2) is 0 Å². The van der Waals surface area contributed by atoms with Crippen LogP contribution in [0.5, 0.6) is 0 Å². The lowest BCUT2D eigenvalue weighted by molar-refractivity contribution is -0.146. The minimum atomic E-state index is -0.542. The van der Waals surface area contributed by atoms with Crippen LogP contribution >= 0.6 is 0 Å². The van der Waals surface area contributed by atoms with Gasteiger partial charge in [0.1, 0.15) is 13.2 Å². The molecule has 0 saturated carbocycles. The van der Waals surface area contributed by atoms with E-state index in [1.807, 2.05) is 42.5 Å². The molecule has 0 radical (unpaired) electrons. The number of ether oxygens (including phenoxy) is 2. The summed E-state index contributed by atoms with van der Waals surface area (Å²) in [6, 6.07) is 18.2. The van der Waals surface area contributed by atoms with Gasteiger partial charge < -0.3 is 14.0 Å². The van der Waals surface area contributed by atoms with Crippen molar-refractivity contribution in [2.75, 3.05) is 20.3 Å². The zero-order chi connectivity index (χ0) is 23.8. The number of rotatable bonds is 9. The van der Waals surface area contributed by atoms with Gasteiger partial charge >= 0.3 is 11.9 Å². The molecule has 0 aliphatic carbocycles. The SMILES string of the molecule is C=C(C)C(=O)OCCOC(=O)C(/C=N/C)=C/c1c(-c2ccccc2)n(CC)c2ccccc12. The van der Waals surface area contributed by atoms with Gasteiger partial charge in [0.25, 0.3) is 0 Å². The first-order valence-electron chi connectivity index (χ1n) is 10.8. The van der Waals surface area contributed by atoms with Crippen LogP contribution in [0.15, 0.2) is 77.3 Å². The second-order valence-electron chi connectivity index (χ2n) is 7.43. The number of aryl methyl sites for hydroxylation is 1. The number of benzene rings is 2. The van der Waals surface area contributed by atoms with Gasteiger partial charge in [-0.1, -0.05) is 55.1 Å². The van der Waals surface area contributed by atoms with Crippen LogP contribution in [0.2, 0.25) is 0 Å². The fraction of sp³-hybridized carbons (Fsp3) is 0.222. The topological polar surface area (TPSA) is 69.9 Å². The van der Waals surface area contributed by atoms with E-state index in [0.717, 1.165) is 34.3 Å². The third-order valence-electron chi connectivity index (χ3n) is 5.08. The average Bonchev–Trinajstić information content (AvgIpc) is 3.15. The van der Waals surface area contributed by atoms with Gasteiger partial charge in [0.05, 0.1) is 11.3 Å². The number of para-hydroxylation sites is 1. The Morgan fingerprint density at radius 2 is 1.64 bits per heavy atom. The minimum absolute atomic E-state index is 0.0433. The van der Waals surface area contributed by atoms with E-state index in [0.29, 0.717) is 11.1 Å². The second-order valence-corrected chi connectivity index (χ2v) is 7.43. The van der Waals surface area contributed by atoms with Gasteiger partial charge in [0, 0.05) is 41.8 Å². The standard InChI is InChI=1S/C27H28N2O4/c1-5-29-24-14-10-9-13-22(24)23(25(29)20-11-7-6-8-12-20)17-21(18-28-4)27(31)33-16-15-32-26(30)19(2)3/h6-14,17-18H,2,5,15-16H2,1,3-4H3/b21-17+,28-18+. The molecule has 170 valence electrons.